The molecule has 0 amide bonds. The third-order valence-electron chi connectivity index (χ3n) is 11.4. The van der Waals surface area contributed by atoms with Crippen LogP contribution < -0.4 is 5.73 Å². The quantitative estimate of drug-likeness (QED) is 0.0154. The van der Waals surface area contributed by atoms with E-state index in [1.807, 2.05) is 241 Å². The molecule has 1 heterocycles. The van der Waals surface area contributed by atoms with Gasteiger partial charge in [-0.05, 0) is 402 Å². The topological polar surface area (TPSA) is 337 Å². The maximum absolute atomic E-state index is 13.1. The summed E-state index contributed by atoms with van der Waals surface area (Å²) >= 11 is 6.24. The van der Waals surface area contributed by atoms with Gasteiger partial charge in [-0.2, -0.15) is 5.06 Å². The maximum Gasteiger partial charge on any atom is 0.393 e. The molecule has 0 unspecified atom stereocenters. The minimum absolute atomic E-state index is 0. The predicted molar refractivity (Wildman–Crippen MR) is 530 cm³/mol. The molecule has 0 aromatic carbocycles. The summed E-state index contributed by atoms with van der Waals surface area (Å²) in [4.78, 5) is 45.4. The summed E-state index contributed by atoms with van der Waals surface area (Å²) in [6, 6.07) is 0. The fourth-order valence-electron chi connectivity index (χ4n) is 7.75. The Balaban J connectivity index is -0.000000217. The number of carbonyl (C=O) groups is 3. The third-order valence-corrected chi connectivity index (χ3v) is 34.9. The molecule has 41 heteroatoms. The van der Waals surface area contributed by atoms with Crippen LogP contribution in [0.4, 0.5) is 0 Å². The Hall–Kier alpha value is 1.21. The summed E-state index contributed by atoms with van der Waals surface area (Å²) in [5.41, 5.74) is -3.30. The zero-order valence-corrected chi connectivity index (χ0v) is 93.7. The van der Waals surface area contributed by atoms with Gasteiger partial charge in [0.15, 0.2) is 0 Å². The van der Waals surface area contributed by atoms with Crippen LogP contribution in [0.2, 0.25) is 0 Å². The Morgan fingerprint density at radius 1 is 0.333 bits per heavy atom. The van der Waals surface area contributed by atoms with Crippen LogP contribution in [0.1, 0.15) is 346 Å². The minimum Gasteiger partial charge on any atom is -0.464 e. The van der Waals surface area contributed by atoms with Crippen LogP contribution in [-0.2, 0) is 115 Å². The van der Waals surface area contributed by atoms with Crippen molar-refractivity contribution in [3.05, 3.63) is 0 Å². The SMILES string of the molecule is C.C.C.CC(C)(C)OP(=O)(OC(C)(C)C)SCCOC(=O)C(C)(C)C.CC(C)(C)OP(=O)(OC(C)(C)C)SCOC(=O)C(C)(C)CCN1CCCCC1.CC(C)(C)OP(=O)(OC(C)(C)C)SCOC(=O)C(C)(C)N.CN(C)CSP(=O)(OC(C)(C)C)OC(C)(C)C.CN(C)OCSP(=O)(OC(C)(C)C)OC(C)(C)C.CSP(=O)(OC(C)(C)C)OC(C)(C)C. The van der Waals surface area contributed by atoms with Crippen molar-refractivity contribution < 1.29 is 115 Å². The second-order valence-electron chi connectivity index (χ2n) is 42.7. The first-order valence-corrected chi connectivity index (χ1v) is 59.2. The van der Waals surface area contributed by atoms with Gasteiger partial charge in [-0.15, -0.1) is 0 Å². The minimum atomic E-state index is -3.48. The number of hydrogen-bond acceptors (Lipinski definition) is 35. The Bertz CT molecular complexity index is 3140. The molecule has 0 spiro atoms. The van der Waals surface area contributed by atoms with E-state index in [2.05, 4.69) is 4.90 Å². The van der Waals surface area contributed by atoms with Crippen molar-refractivity contribution in [1.82, 2.24) is 14.9 Å². The summed E-state index contributed by atoms with van der Waals surface area (Å²) in [6.45, 7) is 61.9. The number of hydroxylamine groups is 2. The Kier molecular flexibility index (Phi) is 64.3. The fraction of sp³-hybridized carbons (Fsp3) is 0.963. The van der Waals surface area contributed by atoms with Gasteiger partial charge in [0.05, 0.1) is 83.9 Å². The van der Waals surface area contributed by atoms with E-state index in [0.717, 1.165) is 83.0 Å². The lowest BCUT2D eigenvalue weighted by molar-refractivity contribution is -0.152. The van der Waals surface area contributed by atoms with Gasteiger partial charge in [0.25, 0.3) is 0 Å². The smallest absolute Gasteiger partial charge is 0.393 e. The Morgan fingerprint density at radius 3 is 0.813 bits per heavy atom. The molecule has 0 bridgehead atoms. The summed E-state index contributed by atoms with van der Waals surface area (Å²) in [5.74, 6) is -0.178. The Morgan fingerprint density at radius 2 is 0.577 bits per heavy atom. The van der Waals surface area contributed by atoms with Crippen LogP contribution in [0.3, 0.4) is 0 Å². The fourth-order valence-corrected chi connectivity index (χ4v) is 32.1. The first-order chi connectivity index (χ1) is 52.3. The van der Waals surface area contributed by atoms with Crippen LogP contribution in [0.5, 0.6) is 0 Å². The van der Waals surface area contributed by atoms with Gasteiger partial charge in [-0.3, -0.25) is 78.4 Å². The van der Waals surface area contributed by atoms with E-state index in [1.54, 1.807) is 87.7 Å². The lowest BCUT2D eigenvalue weighted by atomic mass is 9.89. The lowest BCUT2D eigenvalue weighted by Crippen LogP contribution is -2.42. The number of nitrogens with zero attached hydrogens (tertiary/aromatic N) is 3. The van der Waals surface area contributed by atoms with Gasteiger partial charge in [0.2, 0.25) is 0 Å². The highest BCUT2D eigenvalue weighted by Gasteiger charge is 2.43. The molecule has 0 aromatic heterocycles. The maximum atomic E-state index is 13.1. The number of likely N-dealkylation sites (tertiary alicyclic amines) is 1. The standard InChI is InChI=1S/C20H40NO5PS.C15H31O5PS.C13H28NO5PS.C11H26NO4PS.C11H26NO3PS.C9H21O3PS.3CH4/c1-18(2,3)25-27(23,26-19(4,5)6)28-16-24-17(22)20(7,8)12-15-21-13-10-9-11-14-21;1-13(2,3)12(16)18-10-11-22-21(17,19-14(4,5)6)20-15(7,8)9;1-11(2,3)18-20(16,19-12(4,5)6)21-9-17-10(15)13(7,8)14;1-10(2,3)15-17(13,16-11(4,5)6)18-9-14-12(7)8;1-10(2,3)14-16(13,15-11(4,5)6)17-9-12(7)8;1-8(2,3)11-13(10,14-7)12-9(4,5)6;;;/h9-16H2,1-8H3;10-11H2,1-9H3;9,14H2,1-8H3;9H2,1-8H3;9H2,1-8H3;1-7H3;3*1H4. The molecule has 748 valence electrons. The van der Waals surface area contributed by atoms with Crippen molar-refractivity contribution in [2.24, 2.45) is 16.6 Å². The highest BCUT2D eigenvalue weighted by Crippen LogP contribution is 2.69. The summed E-state index contributed by atoms with van der Waals surface area (Å²) in [5, 5.41) is 1.55. The van der Waals surface area contributed by atoms with Crippen molar-refractivity contribution in [2.75, 3.05) is 90.1 Å². The normalized spacial score (nSPS) is 14.7. The molecule has 0 atom stereocenters. The molecule has 1 rings (SSSR count). The molecule has 0 aromatic rings. The largest absolute Gasteiger partial charge is 0.464 e. The number of hydrogen-bond donors (Lipinski definition) is 1. The number of piperidine rings is 1. The van der Waals surface area contributed by atoms with Crippen LogP contribution in [-0.4, -0.2) is 196 Å². The molecule has 1 fully saturated rings. The van der Waals surface area contributed by atoms with E-state index >= 15 is 0 Å². The van der Waals surface area contributed by atoms with Crippen molar-refractivity contribution in [3.63, 3.8) is 0 Å². The molecule has 0 aliphatic carbocycles. The molecule has 1 aliphatic heterocycles. The van der Waals surface area contributed by atoms with E-state index in [4.69, 9.17) is 79.1 Å². The average Bonchev–Trinajstić information content (AvgIpc) is 1.00. The van der Waals surface area contributed by atoms with Gasteiger partial charge in [0.1, 0.15) is 30.0 Å². The second-order valence-corrected chi connectivity index (χ2v) is 66.3. The molecule has 1 saturated heterocycles. The molecule has 1 aliphatic rings. The third kappa shape index (κ3) is 88.3. The van der Waals surface area contributed by atoms with Gasteiger partial charge in [-0.1, -0.05) is 28.7 Å². The van der Waals surface area contributed by atoms with E-state index in [-0.39, 0.29) is 58.6 Å². The lowest BCUT2D eigenvalue weighted by Gasteiger charge is -2.32. The highest BCUT2D eigenvalue weighted by atomic mass is 32.7. The summed E-state index contributed by atoms with van der Waals surface area (Å²) in [6.07, 6.45) is 6.24. The zero-order chi connectivity index (χ0) is 96.7. The molecule has 0 saturated carbocycles. The van der Waals surface area contributed by atoms with Crippen molar-refractivity contribution in [3.8, 4) is 0 Å². The highest BCUT2D eigenvalue weighted by molar-refractivity contribution is 8.56. The monoisotopic (exact) mass is 2000 g/mol. The van der Waals surface area contributed by atoms with Crippen molar-refractivity contribution >= 4 is 127 Å². The van der Waals surface area contributed by atoms with E-state index < -0.39 is 130 Å². The first-order valence-electron chi connectivity index (χ1n) is 40.2. The van der Waals surface area contributed by atoms with Gasteiger partial charge < -0.3 is 24.8 Å². The predicted octanol–water partition coefficient (Wildman–Crippen LogP) is 28.5. The van der Waals surface area contributed by atoms with Crippen molar-refractivity contribution in [1.29, 1.82) is 0 Å². The van der Waals surface area contributed by atoms with E-state index in [9.17, 15) is 41.8 Å². The number of rotatable bonds is 35. The number of carbonyl (C=O) groups excluding carboxylic acids is 3. The molecule has 0 radical (unpaired) electrons. The summed E-state index contributed by atoms with van der Waals surface area (Å²) < 4.78 is 159. The molecule has 123 heavy (non-hydrogen) atoms. The van der Waals surface area contributed by atoms with Crippen LogP contribution in [0.15, 0.2) is 0 Å². The van der Waals surface area contributed by atoms with Crippen LogP contribution in [0.25, 0.3) is 0 Å². The van der Waals surface area contributed by atoms with Crippen LogP contribution >= 0.6 is 109 Å². The second kappa shape index (κ2) is 56.7. The van der Waals surface area contributed by atoms with E-state index in [0.29, 0.717) is 11.6 Å². The van der Waals surface area contributed by atoms with Crippen LogP contribution in [0, 0.1) is 10.8 Å². The molecule has 29 nitrogen and oxygen atoms in total. The number of ether oxygens (including phenoxy) is 3. The zero-order valence-electron chi connectivity index (χ0n) is 83.5. The Labute approximate surface area is 776 Å². The van der Waals surface area contributed by atoms with Gasteiger partial charge in [0, 0.05) is 42.6 Å². The van der Waals surface area contributed by atoms with Gasteiger partial charge in [-0.25, -0.2) is 27.4 Å². The molecular weight excluding hydrogens is 1820 g/mol. The molecule has 2 N–H and O–H groups in total. The van der Waals surface area contributed by atoms with Gasteiger partial charge >= 0.3 is 58.7 Å². The number of esters is 3. The van der Waals surface area contributed by atoms with Crippen molar-refractivity contribution in [2.45, 2.75) is 418 Å². The molecular formula is C82H184N4O25P6S6. The van der Waals surface area contributed by atoms with E-state index in [1.165, 1.54) is 44.5 Å². The first kappa shape index (κ1) is 140. The summed E-state index contributed by atoms with van der Waals surface area (Å²) in [7, 11) is 7.37. The average molecular weight is 2000 g/mol. The number of nitrogens with two attached hydrogens (primary N) is 1.